The second-order valence-corrected chi connectivity index (χ2v) is 3.91. The van der Waals surface area contributed by atoms with Crippen LogP contribution in [0.2, 0.25) is 5.02 Å². The molecule has 0 fully saturated rings. The molecule has 1 N–H and O–H groups in total. The fourth-order valence-electron chi connectivity index (χ4n) is 1.67. The van der Waals surface area contributed by atoms with Gasteiger partial charge in [-0.3, -0.25) is 9.59 Å². The number of anilines is 1. The van der Waals surface area contributed by atoms with E-state index < -0.39 is 11.9 Å². The predicted molar refractivity (Wildman–Crippen MR) is 65.6 cm³/mol. The number of benzene rings is 1. The van der Waals surface area contributed by atoms with Crippen LogP contribution in [0.3, 0.4) is 0 Å². The Morgan fingerprint density at radius 1 is 1.50 bits per heavy atom. The van der Waals surface area contributed by atoms with E-state index in [-0.39, 0.29) is 11.3 Å². The quantitative estimate of drug-likeness (QED) is 0.479. The second-order valence-electron chi connectivity index (χ2n) is 3.47. The molecule has 1 aliphatic rings. The van der Waals surface area contributed by atoms with Gasteiger partial charge in [0.25, 0.3) is 5.70 Å². The average molecular weight is 263 g/mol. The minimum Gasteiger partial charge on any atom is -0.474 e. The number of carbonyl (C=O) groups excluding carboxylic acids is 2. The van der Waals surface area contributed by atoms with Crippen molar-refractivity contribution in [1.29, 1.82) is 0 Å². The zero-order chi connectivity index (χ0) is 13.3. The van der Waals surface area contributed by atoms with Crippen molar-refractivity contribution >= 4 is 34.7 Å². The van der Waals surface area contributed by atoms with Crippen LogP contribution in [0.4, 0.5) is 5.69 Å². The summed E-state index contributed by atoms with van der Waals surface area (Å²) in [6.07, 6.45) is 0. The third kappa shape index (κ3) is 1.83. The minimum atomic E-state index is -0.844. The van der Waals surface area contributed by atoms with Crippen molar-refractivity contribution < 1.29 is 14.3 Å². The Bertz CT molecular complexity index is 629. The average Bonchev–Trinajstić information content (AvgIpc) is 2.67. The van der Waals surface area contributed by atoms with Crippen molar-refractivity contribution in [2.75, 3.05) is 12.4 Å². The summed E-state index contributed by atoms with van der Waals surface area (Å²) in [5.74, 6) is -1.35. The number of ether oxygens (including phenoxy) is 1. The highest BCUT2D eigenvalue weighted by Crippen LogP contribution is 2.36. The summed E-state index contributed by atoms with van der Waals surface area (Å²) in [4.78, 5) is 26.3. The molecule has 0 saturated carbocycles. The molecule has 0 atom stereocenters. The Hall–Kier alpha value is -2.32. The van der Waals surface area contributed by atoms with Crippen LogP contribution in [-0.2, 0) is 14.3 Å². The van der Waals surface area contributed by atoms with Gasteiger partial charge in [-0.05, 0) is 18.2 Å². The number of fused-ring (bicyclic) bond motifs is 1. The second kappa shape index (κ2) is 4.51. The number of amides is 1. The maximum Gasteiger partial charge on any atom is 0.336 e. The summed E-state index contributed by atoms with van der Waals surface area (Å²) < 4.78 is 4.49. The molecular formula is C12H7ClN2O3. The third-order valence-electron chi connectivity index (χ3n) is 2.45. The molecular weight excluding hydrogens is 256 g/mol. The summed E-state index contributed by atoms with van der Waals surface area (Å²) >= 11 is 5.84. The number of hydrogen-bond acceptors (Lipinski definition) is 3. The fraction of sp³-hybridized carbons (Fsp3) is 0.0833. The van der Waals surface area contributed by atoms with Crippen LogP contribution >= 0.6 is 11.6 Å². The number of carbonyl (C=O) groups is 2. The van der Waals surface area contributed by atoms with Crippen LogP contribution in [0.25, 0.3) is 10.4 Å². The van der Waals surface area contributed by atoms with Crippen LogP contribution in [0.1, 0.15) is 5.56 Å². The first-order valence-corrected chi connectivity index (χ1v) is 5.27. The lowest BCUT2D eigenvalue weighted by molar-refractivity contribution is -0.135. The highest BCUT2D eigenvalue weighted by atomic mass is 35.5. The van der Waals surface area contributed by atoms with Crippen LogP contribution in [0, 0.1) is 6.57 Å². The molecule has 5 nitrogen and oxygen atoms in total. The number of nitrogens with one attached hydrogen (secondary N) is 1. The maximum atomic E-state index is 11.8. The fourth-order valence-corrected chi connectivity index (χ4v) is 1.85. The van der Waals surface area contributed by atoms with Crippen LogP contribution in [0.5, 0.6) is 0 Å². The highest BCUT2D eigenvalue weighted by Gasteiger charge is 2.31. The van der Waals surface area contributed by atoms with Gasteiger partial charge in [0.15, 0.2) is 0 Å². The van der Waals surface area contributed by atoms with Crippen molar-refractivity contribution in [1.82, 2.24) is 0 Å². The molecule has 2 rings (SSSR count). The van der Waals surface area contributed by atoms with Gasteiger partial charge in [-0.15, -0.1) is 0 Å². The van der Waals surface area contributed by atoms with Crippen molar-refractivity contribution in [2.45, 2.75) is 0 Å². The molecule has 0 aromatic heterocycles. The lowest BCUT2D eigenvalue weighted by Gasteiger charge is -2.02. The van der Waals surface area contributed by atoms with Gasteiger partial charge < -0.3 is 10.1 Å². The molecule has 0 radical (unpaired) electrons. The molecule has 0 bridgehead atoms. The van der Waals surface area contributed by atoms with E-state index in [1.807, 2.05) is 0 Å². The number of rotatable bonds is 1. The Kier molecular flexibility index (Phi) is 3.04. The standard InChI is InChI=1S/C12H7ClN2O3/c1-14-10(12(17)18-2)9-7-5-6(13)3-4-8(7)15-11(9)16/h3-5H,2H3,(H,15,16)/b10-9+. The normalized spacial score (nSPS) is 15.5. The highest BCUT2D eigenvalue weighted by molar-refractivity contribution is 6.37. The Morgan fingerprint density at radius 3 is 2.83 bits per heavy atom. The van der Waals surface area contributed by atoms with Gasteiger partial charge in [-0.1, -0.05) is 11.6 Å². The lowest BCUT2D eigenvalue weighted by atomic mass is 10.1. The van der Waals surface area contributed by atoms with Crippen molar-refractivity contribution in [3.63, 3.8) is 0 Å². The molecule has 0 saturated heterocycles. The van der Waals surface area contributed by atoms with Gasteiger partial charge in [0.1, 0.15) is 0 Å². The predicted octanol–water partition coefficient (Wildman–Crippen LogP) is 2.10. The van der Waals surface area contributed by atoms with E-state index in [1.165, 1.54) is 6.07 Å². The van der Waals surface area contributed by atoms with E-state index in [0.29, 0.717) is 16.3 Å². The molecule has 1 aromatic carbocycles. The van der Waals surface area contributed by atoms with Gasteiger partial charge in [-0.25, -0.2) is 4.85 Å². The summed E-state index contributed by atoms with van der Waals surface area (Å²) in [6, 6.07) is 4.75. The molecule has 90 valence electrons. The number of halogens is 1. The van der Waals surface area contributed by atoms with Gasteiger partial charge in [0.05, 0.1) is 19.3 Å². The molecule has 1 aromatic rings. The Labute approximate surface area is 108 Å². The van der Waals surface area contributed by atoms with Crippen molar-refractivity contribution in [2.24, 2.45) is 0 Å². The molecule has 0 aliphatic carbocycles. The minimum absolute atomic E-state index is 0.00523. The monoisotopic (exact) mass is 262 g/mol. The zero-order valence-electron chi connectivity index (χ0n) is 9.28. The van der Waals surface area contributed by atoms with Gasteiger partial charge in [-0.2, -0.15) is 0 Å². The van der Waals surface area contributed by atoms with E-state index in [0.717, 1.165) is 7.11 Å². The first-order chi connectivity index (χ1) is 8.58. The largest absolute Gasteiger partial charge is 0.474 e. The van der Waals surface area contributed by atoms with E-state index in [2.05, 4.69) is 14.9 Å². The molecule has 1 amide bonds. The summed E-state index contributed by atoms with van der Waals surface area (Å²) in [5, 5.41) is 2.98. The Morgan fingerprint density at radius 2 is 2.22 bits per heavy atom. The number of hydrogen-bond donors (Lipinski definition) is 1. The smallest absolute Gasteiger partial charge is 0.336 e. The number of methoxy groups -OCH3 is 1. The van der Waals surface area contributed by atoms with Crippen LogP contribution < -0.4 is 5.32 Å². The van der Waals surface area contributed by atoms with Crippen molar-refractivity contribution in [3.8, 4) is 0 Å². The lowest BCUT2D eigenvalue weighted by Crippen LogP contribution is -2.10. The third-order valence-corrected chi connectivity index (χ3v) is 2.69. The molecule has 6 heteroatoms. The van der Waals surface area contributed by atoms with E-state index in [1.54, 1.807) is 12.1 Å². The van der Waals surface area contributed by atoms with E-state index >= 15 is 0 Å². The van der Waals surface area contributed by atoms with Crippen LogP contribution in [0.15, 0.2) is 23.9 Å². The topological polar surface area (TPSA) is 59.8 Å². The van der Waals surface area contributed by atoms with Crippen molar-refractivity contribution in [3.05, 3.63) is 45.9 Å². The molecule has 0 unspecified atom stereocenters. The van der Waals surface area contributed by atoms with Gasteiger partial charge >= 0.3 is 5.97 Å². The maximum absolute atomic E-state index is 11.8. The summed E-state index contributed by atoms with van der Waals surface area (Å²) in [7, 11) is 1.15. The van der Waals surface area contributed by atoms with Crippen LogP contribution in [-0.4, -0.2) is 19.0 Å². The number of nitrogens with zero attached hydrogens (tertiary/aromatic N) is 1. The first kappa shape index (κ1) is 12.1. The SMILES string of the molecule is [C-]#[N+]/C(C(=O)OC)=C1/C(=O)Nc2ccc(Cl)cc21. The first-order valence-electron chi connectivity index (χ1n) is 4.89. The molecule has 1 aliphatic heterocycles. The molecule has 0 spiro atoms. The van der Waals surface area contributed by atoms with Gasteiger partial charge in [0, 0.05) is 16.3 Å². The zero-order valence-corrected chi connectivity index (χ0v) is 10.0. The molecule has 18 heavy (non-hydrogen) atoms. The molecule has 1 heterocycles. The van der Waals surface area contributed by atoms with Gasteiger partial charge in [0.2, 0.25) is 5.91 Å². The van der Waals surface area contributed by atoms with E-state index in [9.17, 15) is 9.59 Å². The summed E-state index contributed by atoms with van der Waals surface area (Å²) in [5.41, 5.74) is 0.596. The number of esters is 1. The summed E-state index contributed by atoms with van der Waals surface area (Å²) in [6.45, 7) is 7.00. The Balaban J connectivity index is 2.70. The van der Waals surface area contributed by atoms with E-state index in [4.69, 9.17) is 18.2 Å².